The molecule has 2 fully saturated rings. The maximum atomic E-state index is 12.2. The first-order valence-electron chi connectivity index (χ1n) is 6.31. The van der Waals surface area contributed by atoms with E-state index in [1.54, 1.807) is 0 Å². The first-order valence-corrected chi connectivity index (χ1v) is 6.31. The highest BCUT2D eigenvalue weighted by Crippen LogP contribution is 2.46. The molecule has 0 saturated carbocycles. The SMILES string of the molecule is CC[C@@H](C)C(=O)C1CO[C@]2(C)OC[C@H]1[C@H]2C. The van der Waals surface area contributed by atoms with Gasteiger partial charge in [-0.05, 0) is 13.3 Å². The lowest BCUT2D eigenvalue weighted by Crippen LogP contribution is -2.46. The van der Waals surface area contributed by atoms with Gasteiger partial charge >= 0.3 is 0 Å². The van der Waals surface area contributed by atoms with E-state index in [1.807, 2.05) is 13.8 Å². The molecular formula is C13H22O3. The minimum Gasteiger partial charge on any atom is -0.350 e. The van der Waals surface area contributed by atoms with Gasteiger partial charge in [0.2, 0.25) is 0 Å². The van der Waals surface area contributed by atoms with Gasteiger partial charge in [-0.1, -0.05) is 20.8 Å². The lowest BCUT2D eigenvalue weighted by atomic mass is 9.75. The molecule has 0 aliphatic carbocycles. The Morgan fingerprint density at radius 1 is 1.44 bits per heavy atom. The van der Waals surface area contributed by atoms with Crippen LogP contribution in [0.2, 0.25) is 0 Å². The Hall–Kier alpha value is -0.410. The molecule has 92 valence electrons. The summed E-state index contributed by atoms with van der Waals surface area (Å²) in [5.74, 6) is 0.759. The Kier molecular flexibility index (Phi) is 3.10. The summed E-state index contributed by atoms with van der Waals surface area (Å²) in [6, 6.07) is 0. The van der Waals surface area contributed by atoms with Crippen LogP contribution >= 0.6 is 0 Å². The van der Waals surface area contributed by atoms with Crippen LogP contribution in [0.4, 0.5) is 0 Å². The first kappa shape index (κ1) is 12.1. The quantitative estimate of drug-likeness (QED) is 0.740. The van der Waals surface area contributed by atoms with Crippen molar-refractivity contribution >= 4 is 5.78 Å². The second-order valence-corrected chi connectivity index (χ2v) is 5.41. The van der Waals surface area contributed by atoms with Crippen LogP contribution in [0.3, 0.4) is 0 Å². The lowest BCUT2D eigenvalue weighted by molar-refractivity contribution is -0.231. The van der Waals surface area contributed by atoms with Crippen molar-refractivity contribution in [3.63, 3.8) is 0 Å². The number of ketones is 1. The predicted octanol–water partition coefficient (Wildman–Crippen LogP) is 2.25. The molecule has 2 aliphatic rings. The standard InChI is InChI=1S/C13H22O3/c1-5-8(2)12(14)11-7-16-13(4)9(3)10(11)6-15-13/h8-11H,5-7H2,1-4H3/t8-,9-,10+,11?,13+/m1/s1. The van der Waals surface area contributed by atoms with E-state index in [0.717, 1.165) is 6.42 Å². The van der Waals surface area contributed by atoms with Crippen LogP contribution in [-0.2, 0) is 14.3 Å². The summed E-state index contributed by atoms with van der Waals surface area (Å²) in [6.07, 6.45) is 0.911. The Morgan fingerprint density at radius 2 is 2.06 bits per heavy atom. The van der Waals surface area contributed by atoms with Gasteiger partial charge in [-0.3, -0.25) is 4.79 Å². The summed E-state index contributed by atoms with van der Waals surface area (Å²) in [5, 5.41) is 0. The Labute approximate surface area is 97.5 Å². The second kappa shape index (κ2) is 4.11. The van der Waals surface area contributed by atoms with Gasteiger partial charge in [-0.2, -0.15) is 0 Å². The zero-order valence-electron chi connectivity index (χ0n) is 10.7. The fraction of sp³-hybridized carbons (Fsp3) is 0.923. The van der Waals surface area contributed by atoms with Crippen molar-refractivity contribution in [3.8, 4) is 0 Å². The van der Waals surface area contributed by atoms with E-state index in [1.165, 1.54) is 0 Å². The maximum absolute atomic E-state index is 12.2. The van der Waals surface area contributed by atoms with Gasteiger partial charge in [0.15, 0.2) is 5.79 Å². The van der Waals surface area contributed by atoms with Gasteiger partial charge in [-0.15, -0.1) is 0 Å². The van der Waals surface area contributed by atoms with Crippen LogP contribution in [0, 0.1) is 23.7 Å². The fourth-order valence-electron chi connectivity index (χ4n) is 2.80. The molecule has 0 aromatic carbocycles. The number of carbonyl (C=O) groups is 1. The summed E-state index contributed by atoms with van der Waals surface area (Å²) in [5.41, 5.74) is 0. The number of hydrogen-bond acceptors (Lipinski definition) is 3. The molecule has 2 bridgehead atoms. The molecule has 5 atom stereocenters. The van der Waals surface area contributed by atoms with Gasteiger partial charge in [0.05, 0.1) is 13.2 Å². The Balaban J connectivity index is 2.12. The molecule has 3 heteroatoms. The zero-order valence-corrected chi connectivity index (χ0v) is 10.7. The molecular weight excluding hydrogens is 204 g/mol. The molecule has 0 spiro atoms. The number of hydrogen-bond donors (Lipinski definition) is 0. The van der Waals surface area contributed by atoms with Crippen LogP contribution in [0.25, 0.3) is 0 Å². The molecule has 0 amide bonds. The topological polar surface area (TPSA) is 35.5 Å². The molecule has 2 rings (SSSR count). The number of rotatable bonds is 3. The zero-order chi connectivity index (χ0) is 11.9. The average Bonchev–Trinajstić information content (AvgIpc) is 2.49. The van der Waals surface area contributed by atoms with Crippen molar-refractivity contribution in [1.29, 1.82) is 0 Å². The van der Waals surface area contributed by atoms with Crippen LogP contribution < -0.4 is 0 Å². The van der Waals surface area contributed by atoms with E-state index in [0.29, 0.717) is 30.8 Å². The normalized spacial score (nSPS) is 44.4. The minimum atomic E-state index is -0.448. The van der Waals surface area contributed by atoms with Crippen LogP contribution in [0.1, 0.15) is 34.1 Å². The third-order valence-electron chi connectivity index (χ3n) is 4.56. The van der Waals surface area contributed by atoms with Crippen molar-refractivity contribution < 1.29 is 14.3 Å². The third kappa shape index (κ3) is 1.70. The summed E-state index contributed by atoms with van der Waals surface area (Å²) in [4.78, 5) is 12.2. The smallest absolute Gasteiger partial charge is 0.168 e. The molecule has 3 nitrogen and oxygen atoms in total. The number of fused-ring (bicyclic) bond motifs is 2. The van der Waals surface area contributed by atoms with Crippen LogP contribution in [-0.4, -0.2) is 24.8 Å². The number of Topliss-reactive ketones (excluding diaryl/α,β-unsaturated/α-hetero) is 1. The van der Waals surface area contributed by atoms with Crippen molar-refractivity contribution in [2.24, 2.45) is 23.7 Å². The monoisotopic (exact) mass is 226 g/mol. The summed E-state index contributed by atoms with van der Waals surface area (Å²) in [6.45, 7) is 9.40. The molecule has 2 heterocycles. The molecule has 0 N–H and O–H groups in total. The number of carbonyl (C=O) groups excluding carboxylic acids is 1. The van der Waals surface area contributed by atoms with Crippen LogP contribution in [0.5, 0.6) is 0 Å². The predicted molar refractivity (Wildman–Crippen MR) is 60.9 cm³/mol. The largest absolute Gasteiger partial charge is 0.350 e. The molecule has 16 heavy (non-hydrogen) atoms. The van der Waals surface area contributed by atoms with Gasteiger partial charge in [0.25, 0.3) is 0 Å². The molecule has 2 aliphatic heterocycles. The summed E-state index contributed by atoms with van der Waals surface area (Å²) >= 11 is 0. The fourth-order valence-corrected chi connectivity index (χ4v) is 2.80. The number of ether oxygens (including phenoxy) is 2. The van der Waals surface area contributed by atoms with Crippen molar-refractivity contribution in [1.82, 2.24) is 0 Å². The molecule has 2 saturated heterocycles. The summed E-state index contributed by atoms with van der Waals surface area (Å²) < 4.78 is 11.4. The molecule has 0 radical (unpaired) electrons. The van der Waals surface area contributed by atoms with E-state index in [2.05, 4.69) is 13.8 Å². The highest BCUT2D eigenvalue weighted by molar-refractivity contribution is 5.83. The summed E-state index contributed by atoms with van der Waals surface area (Å²) in [7, 11) is 0. The Morgan fingerprint density at radius 3 is 2.69 bits per heavy atom. The highest BCUT2D eigenvalue weighted by Gasteiger charge is 2.53. The van der Waals surface area contributed by atoms with Gasteiger partial charge in [0.1, 0.15) is 5.78 Å². The van der Waals surface area contributed by atoms with Crippen molar-refractivity contribution in [2.75, 3.05) is 13.2 Å². The molecule has 1 unspecified atom stereocenters. The first-order chi connectivity index (χ1) is 7.49. The minimum absolute atomic E-state index is 0.0422. The van der Waals surface area contributed by atoms with E-state index >= 15 is 0 Å². The highest BCUT2D eigenvalue weighted by atomic mass is 16.7. The average molecular weight is 226 g/mol. The van der Waals surface area contributed by atoms with E-state index in [4.69, 9.17) is 9.47 Å². The van der Waals surface area contributed by atoms with Gasteiger partial charge in [0, 0.05) is 23.7 Å². The maximum Gasteiger partial charge on any atom is 0.168 e. The van der Waals surface area contributed by atoms with Gasteiger partial charge < -0.3 is 9.47 Å². The van der Waals surface area contributed by atoms with Crippen LogP contribution in [0.15, 0.2) is 0 Å². The Bertz CT molecular complexity index is 289. The van der Waals surface area contributed by atoms with Crippen molar-refractivity contribution in [2.45, 2.75) is 39.9 Å². The van der Waals surface area contributed by atoms with E-state index in [9.17, 15) is 4.79 Å². The third-order valence-corrected chi connectivity index (χ3v) is 4.56. The van der Waals surface area contributed by atoms with E-state index < -0.39 is 5.79 Å². The van der Waals surface area contributed by atoms with Crippen molar-refractivity contribution in [3.05, 3.63) is 0 Å². The van der Waals surface area contributed by atoms with Gasteiger partial charge in [-0.25, -0.2) is 0 Å². The lowest BCUT2D eigenvalue weighted by Gasteiger charge is -2.38. The second-order valence-electron chi connectivity index (χ2n) is 5.41. The molecule has 0 aromatic rings. The van der Waals surface area contributed by atoms with E-state index in [-0.39, 0.29) is 11.8 Å². The molecule has 0 aromatic heterocycles.